The number of H-pyrrole nitrogens is 2. The van der Waals surface area contributed by atoms with Crippen LogP contribution in [0.5, 0.6) is 0 Å². The normalized spacial score (nSPS) is 11.0. The number of aromatic amines is 2. The van der Waals surface area contributed by atoms with E-state index in [1.807, 2.05) is 26.2 Å². The third-order valence-electron chi connectivity index (χ3n) is 3.84. The highest BCUT2D eigenvalue weighted by Gasteiger charge is 2.08. The molecule has 0 unspecified atom stereocenters. The summed E-state index contributed by atoms with van der Waals surface area (Å²) in [5.41, 5.74) is 6.66. The molecule has 23 heavy (non-hydrogen) atoms. The number of pyridine rings is 1. The molecule has 6 nitrogen and oxygen atoms in total. The van der Waals surface area contributed by atoms with E-state index in [0.717, 1.165) is 33.7 Å². The minimum atomic E-state index is 0.781. The highest BCUT2D eigenvalue weighted by molar-refractivity contribution is 5.77. The number of rotatable bonds is 3. The number of fused-ring (bicyclic) bond motifs is 1. The quantitative estimate of drug-likeness (QED) is 0.610. The maximum absolute atomic E-state index is 4.40. The summed E-state index contributed by atoms with van der Waals surface area (Å²) in [5.74, 6) is 0. The fraction of sp³-hybridized carbons (Fsp3) is 0.118. The first-order valence-corrected chi connectivity index (χ1v) is 7.33. The molecule has 0 aliphatic carbocycles. The van der Waals surface area contributed by atoms with Gasteiger partial charge in [0.05, 0.1) is 17.7 Å². The van der Waals surface area contributed by atoms with Crippen LogP contribution in [0.4, 0.5) is 5.69 Å². The first-order valence-electron chi connectivity index (χ1n) is 7.33. The molecule has 2 N–H and O–H groups in total. The van der Waals surface area contributed by atoms with Crippen LogP contribution in [0.3, 0.4) is 0 Å². The van der Waals surface area contributed by atoms with Crippen LogP contribution in [-0.2, 0) is 0 Å². The molecule has 0 aliphatic rings. The average molecular weight is 304 g/mol. The van der Waals surface area contributed by atoms with Gasteiger partial charge >= 0.3 is 0 Å². The van der Waals surface area contributed by atoms with Crippen LogP contribution in [0, 0.1) is 0 Å². The molecule has 0 aliphatic heterocycles. The number of anilines is 1. The van der Waals surface area contributed by atoms with E-state index < -0.39 is 0 Å². The minimum Gasteiger partial charge on any atom is -0.378 e. The van der Waals surface area contributed by atoms with Crippen molar-refractivity contribution in [1.82, 2.24) is 25.1 Å². The van der Waals surface area contributed by atoms with Crippen molar-refractivity contribution < 1.29 is 0 Å². The number of aromatic nitrogens is 5. The van der Waals surface area contributed by atoms with Crippen LogP contribution in [0.15, 0.2) is 48.9 Å². The van der Waals surface area contributed by atoms with E-state index in [1.54, 1.807) is 12.5 Å². The number of hydrogen-bond donors (Lipinski definition) is 2. The predicted molar refractivity (Wildman–Crippen MR) is 91.2 cm³/mol. The van der Waals surface area contributed by atoms with Gasteiger partial charge in [0.15, 0.2) is 5.65 Å². The SMILES string of the molecule is CN(C)c1ccc(-c2cc(-c3cnc4[nH]cnc4c3)n[nH]2)cc1. The molecule has 0 radical (unpaired) electrons. The molecule has 0 saturated heterocycles. The fourth-order valence-electron chi connectivity index (χ4n) is 2.52. The van der Waals surface area contributed by atoms with Gasteiger partial charge in [0.2, 0.25) is 0 Å². The standard InChI is InChI=1S/C17H16N6/c1-23(2)13-5-3-11(4-6-13)14-8-15(22-21-14)12-7-16-17(18-9-12)20-10-19-16/h3-10H,1-2H3,(H,21,22)(H,18,19,20). The van der Waals surface area contributed by atoms with E-state index in [0.29, 0.717) is 0 Å². The van der Waals surface area contributed by atoms with Crippen LogP contribution in [-0.4, -0.2) is 39.2 Å². The molecule has 3 aromatic heterocycles. The lowest BCUT2D eigenvalue weighted by atomic mass is 10.1. The van der Waals surface area contributed by atoms with Crippen molar-refractivity contribution in [3.63, 3.8) is 0 Å². The molecule has 1 aromatic carbocycles. The van der Waals surface area contributed by atoms with E-state index in [1.165, 1.54) is 5.69 Å². The third-order valence-corrected chi connectivity index (χ3v) is 3.84. The van der Waals surface area contributed by atoms with Crippen LogP contribution < -0.4 is 4.90 Å². The van der Waals surface area contributed by atoms with Crippen LogP contribution >= 0.6 is 0 Å². The van der Waals surface area contributed by atoms with Gasteiger partial charge in [-0.25, -0.2) is 9.97 Å². The molecule has 4 aromatic rings. The Kier molecular flexibility index (Phi) is 3.08. The van der Waals surface area contributed by atoms with E-state index in [-0.39, 0.29) is 0 Å². The molecule has 3 heterocycles. The monoisotopic (exact) mass is 304 g/mol. The van der Waals surface area contributed by atoms with Gasteiger partial charge in [-0.1, -0.05) is 12.1 Å². The topological polar surface area (TPSA) is 73.5 Å². The largest absolute Gasteiger partial charge is 0.378 e. The highest BCUT2D eigenvalue weighted by atomic mass is 15.1. The molecule has 0 saturated carbocycles. The number of nitrogens with one attached hydrogen (secondary N) is 2. The van der Waals surface area contributed by atoms with Gasteiger partial charge in [-0.15, -0.1) is 0 Å². The molecule has 4 rings (SSSR count). The first-order chi connectivity index (χ1) is 11.2. The Balaban J connectivity index is 1.67. The van der Waals surface area contributed by atoms with E-state index in [4.69, 9.17) is 0 Å². The lowest BCUT2D eigenvalue weighted by Gasteiger charge is -2.12. The summed E-state index contributed by atoms with van der Waals surface area (Å²) in [7, 11) is 4.06. The van der Waals surface area contributed by atoms with Crippen LogP contribution in [0.25, 0.3) is 33.7 Å². The second-order valence-electron chi connectivity index (χ2n) is 5.60. The average Bonchev–Trinajstić information content (AvgIpc) is 3.23. The molecular weight excluding hydrogens is 288 g/mol. The van der Waals surface area contributed by atoms with Gasteiger partial charge in [0.1, 0.15) is 5.52 Å². The zero-order valence-electron chi connectivity index (χ0n) is 12.9. The zero-order valence-corrected chi connectivity index (χ0v) is 12.9. The molecule has 6 heteroatoms. The second-order valence-corrected chi connectivity index (χ2v) is 5.60. The van der Waals surface area contributed by atoms with Gasteiger partial charge in [-0.05, 0) is 29.8 Å². The van der Waals surface area contributed by atoms with Gasteiger partial charge in [-0.3, -0.25) is 5.10 Å². The Labute approximate surface area is 133 Å². The van der Waals surface area contributed by atoms with E-state index in [2.05, 4.69) is 54.3 Å². The van der Waals surface area contributed by atoms with Crippen molar-refractivity contribution in [3.05, 3.63) is 48.9 Å². The lowest BCUT2D eigenvalue weighted by molar-refractivity contribution is 1.10. The molecule has 0 bridgehead atoms. The van der Waals surface area contributed by atoms with Crippen LogP contribution in [0.2, 0.25) is 0 Å². The van der Waals surface area contributed by atoms with Crippen LogP contribution in [0.1, 0.15) is 0 Å². The summed E-state index contributed by atoms with van der Waals surface area (Å²) in [6.07, 6.45) is 3.44. The maximum Gasteiger partial charge on any atom is 0.157 e. The lowest BCUT2D eigenvalue weighted by Crippen LogP contribution is -2.07. The predicted octanol–water partition coefficient (Wildman–Crippen LogP) is 3.08. The number of nitrogens with zero attached hydrogens (tertiary/aromatic N) is 4. The smallest absolute Gasteiger partial charge is 0.157 e. The van der Waals surface area contributed by atoms with Gasteiger partial charge < -0.3 is 9.88 Å². The summed E-state index contributed by atoms with van der Waals surface area (Å²) in [5, 5.41) is 7.49. The summed E-state index contributed by atoms with van der Waals surface area (Å²) >= 11 is 0. The van der Waals surface area contributed by atoms with Crippen molar-refractivity contribution in [1.29, 1.82) is 0 Å². The Morgan fingerprint density at radius 2 is 1.78 bits per heavy atom. The summed E-state index contributed by atoms with van der Waals surface area (Å²) in [6, 6.07) is 12.4. The highest BCUT2D eigenvalue weighted by Crippen LogP contribution is 2.26. The molecule has 0 atom stereocenters. The fourth-order valence-corrected chi connectivity index (χ4v) is 2.52. The van der Waals surface area contributed by atoms with Gasteiger partial charge in [0.25, 0.3) is 0 Å². The van der Waals surface area contributed by atoms with E-state index >= 15 is 0 Å². The van der Waals surface area contributed by atoms with Gasteiger partial charge in [0, 0.05) is 31.5 Å². The van der Waals surface area contributed by atoms with Crippen molar-refractivity contribution >= 4 is 16.9 Å². The second kappa shape index (κ2) is 5.24. The number of hydrogen-bond acceptors (Lipinski definition) is 4. The minimum absolute atomic E-state index is 0.781. The summed E-state index contributed by atoms with van der Waals surface area (Å²) < 4.78 is 0. The van der Waals surface area contributed by atoms with Crippen molar-refractivity contribution in [3.8, 4) is 22.5 Å². The third kappa shape index (κ3) is 2.44. The Morgan fingerprint density at radius 3 is 2.57 bits per heavy atom. The Hall–Kier alpha value is -3.15. The van der Waals surface area contributed by atoms with E-state index in [9.17, 15) is 0 Å². The molecule has 0 spiro atoms. The Morgan fingerprint density at radius 1 is 0.957 bits per heavy atom. The number of benzene rings is 1. The molecule has 0 amide bonds. The number of imidazole rings is 1. The zero-order chi connectivity index (χ0) is 15.8. The maximum atomic E-state index is 4.40. The molecule has 0 fully saturated rings. The Bertz CT molecular complexity index is 949. The van der Waals surface area contributed by atoms with Gasteiger partial charge in [-0.2, -0.15) is 5.10 Å². The molecular formula is C17H16N6. The first kappa shape index (κ1) is 13.5. The summed E-state index contributed by atoms with van der Waals surface area (Å²) in [4.78, 5) is 13.7. The summed E-state index contributed by atoms with van der Waals surface area (Å²) in [6.45, 7) is 0. The van der Waals surface area contributed by atoms with Crippen molar-refractivity contribution in [2.75, 3.05) is 19.0 Å². The van der Waals surface area contributed by atoms with Crippen molar-refractivity contribution in [2.24, 2.45) is 0 Å². The van der Waals surface area contributed by atoms with Crippen molar-refractivity contribution in [2.45, 2.75) is 0 Å². The molecule has 114 valence electrons.